The monoisotopic (exact) mass is 394 g/mol. The first-order valence-corrected chi connectivity index (χ1v) is 9.80. The number of hydrogen-bond acceptors (Lipinski definition) is 2. The number of nitrogens with zero attached hydrogens (tertiary/aromatic N) is 2. The number of amides is 2. The average molecular weight is 395 g/mol. The molecule has 2 amide bonds. The third-order valence-corrected chi connectivity index (χ3v) is 5.92. The first-order chi connectivity index (χ1) is 12.3. The van der Waals surface area contributed by atoms with Crippen LogP contribution in [-0.4, -0.2) is 47.8 Å². The fourth-order valence-corrected chi connectivity index (χ4v) is 4.17. The smallest absolute Gasteiger partial charge is 0.253 e. The third-order valence-electron chi connectivity index (χ3n) is 5.06. The van der Waals surface area contributed by atoms with Gasteiger partial charge in [-0.05, 0) is 38.8 Å². The number of carbonyl (C=O) groups excluding carboxylic acids is 2. The van der Waals surface area contributed by atoms with E-state index < -0.39 is 0 Å². The Kier molecular flexibility index (Phi) is 5.93. The van der Waals surface area contributed by atoms with E-state index >= 15 is 0 Å². The molecule has 6 heteroatoms. The molecule has 1 aromatic carbocycles. The van der Waals surface area contributed by atoms with Gasteiger partial charge in [0.15, 0.2) is 0 Å². The molecular formula is C20H24Cl2N2O2. The Bertz CT molecular complexity index is 740. The van der Waals surface area contributed by atoms with E-state index in [0.29, 0.717) is 48.2 Å². The van der Waals surface area contributed by atoms with Gasteiger partial charge in [0.2, 0.25) is 5.91 Å². The van der Waals surface area contributed by atoms with Gasteiger partial charge in [0, 0.05) is 36.7 Å². The highest BCUT2D eigenvalue weighted by Gasteiger charge is 2.33. The zero-order valence-electron chi connectivity index (χ0n) is 15.2. The minimum absolute atomic E-state index is 0.00826. The topological polar surface area (TPSA) is 40.6 Å². The number of aryl methyl sites for hydroxylation is 2. The molecule has 1 fully saturated rings. The van der Waals surface area contributed by atoms with Gasteiger partial charge < -0.3 is 9.80 Å². The van der Waals surface area contributed by atoms with Gasteiger partial charge in [-0.15, -0.1) is 0 Å². The van der Waals surface area contributed by atoms with E-state index in [0.717, 1.165) is 24.0 Å². The van der Waals surface area contributed by atoms with Crippen molar-refractivity contribution in [3.05, 3.63) is 45.0 Å². The largest absolute Gasteiger partial charge is 0.338 e. The molecule has 2 aliphatic rings. The number of piperidine rings is 1. The maximum atomic E-state index is 12.9. The van der Waals surface area contributed by atoms with Crippen LogP contribution in [0.25, 0.3) is 0 Å². The van der Waals surface area contributed by atoms with Crippen molar-refractivity contribution in [2.24, 2.45) is 5.92 Å². The molecule has 1 saturated heterocycles. The molecule has 26 heavy (non-hydrogen) atoms. The van der Waals surface area contributed by atoms with E-state index in [1.165, 1.54) is 0 Å². The zero-order valence-corrected chi connectivity index (χ0v) is 16.7. The van der Waals surface area contributed by atoms with Gasteiger partial charge in [0.25, 0.3) is 5.91 Å². The maximum Gasteiger partial charge on any atom is 0.253 e. The van der Waals surface area contributed by atoms with Crippen molar-refractivity contribution in [3.63, 3.8) is 0 Å². The standard InChI is InChI=1S/C20H24Cl2N2O2/c1-13-8-14(2)10-16(9-13)20(26)23-6-3-4-15(11-23)19(25)24-7-5-17(21)18(22)12-24/h8-10,15H,3-7,11-12H2,1-2H3/t15-/m1/s1. The SMILES string of the molecule is Cc1cc(C)cc(C(=O)N2CCC[C@@H](C(=O)N3CCC(Cl)=C(Cl)C3)C2)c1. The summed E-state index contributed by atoms with van der Waals surface area (Å²) in [7, 11) is 0. The van der Waals surface area contributed by atoms with Crippen LogP contribution in [0, 0.1) is 19.8 Å². The van der Waals surface area contributed by atoms with Crippen molar-refractivity contribution in [1.29, 1.82) is 0 Å². The van der Waals surface area contributed by atoms with E-state index in [4.69, 9.17) is 23.2 Å². The molecule has 0 bridgehead atoms. The summed E-state index contributed by atoms with van der Waals surface area (Å²) in [5.74, 6) is -0.0842. The van der Waals surface area contributed by atoms with Crippen molar-refractivity contribution in [2.45, 2.75) is 33.1 Å². The Morgan fingerprint density at radius 2 is 1.69 bits per heavy atom. The van der Waals surface area contributed by atoms with Crippen LogP contribution in [0.3, 0.4) is 0 Å². The summed E-state index contributed by atoms with van der Waals surface area (Å²) in [6.07, 6.45) is 2.25. The molecule has 140 valence electrons. The molecule has 3 rings (SSSR count). The second-order valence-electron chi connectivity index (χ2n) is 7.29. The summed E-state index contributed by atoms with van der Waals surface area (Å²) in [5, 5.41) is 1.19. The highest BCUT2D eigenvalue weighted by atomic mass is 35.5. The van der Waals surface area contributed by atoms with Gasteiger partial charge in [0.05, 0.1) is 17.5 Å². The summed E-state index contributed by atoms with van der Waals surface area (Å²) in [6, 6.07) is 5.88. The van der Waals surface area contributed by atoms with Gasteiger partial charge in [-0.1, -0.05) is 40.4 Å². The van der Waals surface area contributed by atoms with Crippen molar-refractivity contribution >= 4 is 35.0 Å². The van der Waals surface area contributed by atoms with Crippen molar-refractivity contribution < 1.29 is 9.59 Å². The van der Waals surface area contributed by atoms with Crippen LogP contribution in [0.2, 0.25) is 0 Å². The highest BCUT2D eigenvalue weighted by molar-refractivity contribution is 6.39. The molecule has 0 aliphatic carbocycles. The van der Waals surface area contributed by atoms with Crippen molar-refractivity contribution in [3.8, 4) is 0 Å². The lowest BCUT2D eigenvalue weighted by Gasteiger charge is -2.36. The lowest BCUT2D eigenvalue weighted by atomic mass is 9.95. The zero-order chi connectivity index (χ0) is 18.8. The molecule has 1 atom stereocenters. The van der Waals surface area contributed by atoms with Crippen molar-refractivity contribution in [2.75, 3.05) is 26.2 Å². The normalized spacial score (nSPS) is 21.2. The summed E-state index contributed by atoms with van der Waals surface area (Å²) in [4.78, 5) is 29.4. The molecule has 4 nitrogen and oxygen atoms in total. The van der Waals surface area contributed by atoms with E-state index in [9.17, 15) is 9.59 Å². The van der Waals surface area contributed by atoms with Gasteiger partial charge >= 0.3 is 0 Å². The first kappa shape index (κ1) is 19.2. The molecule has 0 saturated carbocycles. The Morgan fingerprint density at radius 3 is 2.35 bits per heavy atom. The number of halogens is 2. The summed E-state index contributed by atoms with van der Waals surface area (Å²) in [5.41, 5.74) is 2.85. The number of rotatable bonds is 2. The van der Waals surface area contributed by atoms with Crippen LogP contribution in [0.4, 0.5) is 0 Å². The molecule has 0 aromatic heterocycles. The van der Waals surface area contributed by atoms with Crippen LogP contribution in [-0.2, 0) is 4.79 Å². The Morgan fingerprint density at radius 1 is 1.00 bits per heavy atom. The minimum Gasteiger partial charge on any atom is -0.338 e. The fraction of sp³-hybridized carbons (Fsp3) is 0.500. The maximum absolute atomic E-state index is 12.9. The van der Waals surface area contributed by atoms with Gasteiger partial charge in [-0.3, -0.25) is 9.59 Å². The third kappa shape index (κ3) is 4.24. The minimum atomic E-state index is -0.167. The summed E-state index contributed by atoms with van der Waals surface area (Å²) < 4.78 is 0. The number of benzene rings is 1. The predicted molar refractivity (Wildman–Crippen MR) is 104 cm³/mol. The Balaban J connectivity index is 1.69. The second-order valence-corrected chi connectivity index (χ2v) is 8.20. The first-order valence-electron chi connectivity index (χ1n) is 9.04. The van der Waals surface area contributed by atoms with Crippen molar-refractivity contribution in [1.82, 2.24) is 9.80 Å². The molecule has 2 heterocycles. The molecule has 0 spiro atoms. The van der Waals surface area contributed by atoms with E-state index in [-0.39, 0.29) is 17.7 Å². The van der Waals surface area contributed by atoms with Gasteiger partial charge in [-0.2, -0.15) is 0 Å². The number of hydrogen-bond donors (Lipinski definition) is 0. The van der Waals surface area contributed by atoms with Crippen LogP contribution in [0.5, 0.6) is 0 Å². The van der Waals surface area contributed by atoms with E-state index in [1.54, 1.807) is 4.90 Å². The second kappa shape index (κ2) is 8.01. The van der Waals surface area contributed by atoms with Gasteiger partial charge in [0.1, 0.15) is 0 Å². The average Bonchev–Trinajstić information content (AvgIpc) is 2.62. The van der Waals surface area contributed by atoms with Gasteiger partial charge in [-0.25, -0.2) is 0 Å². The molecule has 2 aliphatic heterocycles. The summed E-state index contributed by atoms with van der Waals surface area (Å²) in [6.45, 7) is 6.12. The summed E-state index contributed by atoms with van der Waals surface area (Å²) >= 11 is 12.2. The van der Waals surface area contributed by atoms with E-state index in [2.05, 4.69) is 6.07 Å². The molecule has 0 unspecified atom stereocenters. The highest BCUT2D eigenvalue weighted by Crippen LogP contribution is 2.27. The molecule has 0 N–H and O–H groups in total. The van der Waals surface area contributed by atoms with E-state index in [1.807, 2.05) is 30.9 Å². The quantitative estimate of drug-likeness (QED) is 0.757. The Labute approximate surface area is 164 Å². The van der Waals surface area contributed by atoms with Crippen LogP contribution in [0.1, 0.15) is 40.7 Å². The Hall–Kier alpha value is -1.52. The lowest BCUT2D eigenvalue weighted by molar-refractivity contribution is -0.136. The lowest BCUT2D eigenvalue weighted by Crippen LogP contribution is -2.48. The number of carbonyl (C=O) groups is 2. The number of likely N-dealkylation sites (tertiary alicyclic amines) is 1. The van der Waals surface area contributed by atoms with Crippen LogP contribution >= 0.6 is 23.2 Å². The fourth-order valence-electron chi connectivity index (χ4n) is 3.79. The molecule has 1 aromatic rings. The molecular weight excluding hydrogens is 371 g/mol. The molecule has 0 radical (unpaired) electrons. The van der Waals surface area contributed by atoms with Crippen LogP contribution < -0.4 is 0 Å². The predicted octanol–water partition coefficient (Wildman–Crippen LogP) is 4.08. The van der Waals surface area contributed by atoms with Crippen LogP contribution in [0.15, 0.2) is 28.3 Å².